The van der Waals surface area contributed by atoms with Crippen molar-refractivity contribution in [2.75, 3.05) is 32.7 Å². The fourth-order valence-electron chi connectivity index (χ4n) is 2.38. The molecule has 90 valence electrons. The molecule has 0 amide bonds. The highest BCUT2D eigenvalue weighted by molar-refractivity contribution is 4.82. The van der Waals surface area contributed by atoms with Crippen LogP contribution >= 0.6 is 0 Å². The molecule has 0 aromatic carbocycles. The Hall–Kier alpha value is -0.120. The lowest BCUT2D eigenvalue weighted by atomic mass is 9.95. The lowest BCUT2D eigenvalue weighted by Gasteiger charge is -2.37. The number of piperidine rings is 1. The molecule has 0 bridgehead atoms. The first-order valence-electron chi connectivity index (χ1n) is 6.27. The van der Waals surface area contributed by atoms with Crippen LogP contribution < -0.4 is 11.1 Å². The standard InChI is InChI=1S/C12H27N3/c1-10(2)7-14-12-6-11(3)8-15(9-12)5-4-13/h10-12,14H,4-9,13H2,1-3H3. The molecule has 1 heterocycles. The molecule has 3 nitrogen and oxygen atoms in total. The Bertz CT molecular complexity index is 170. The van der Waals surface area contributed by atoms with Crippen LogP contribution in [0.15, 0.2) is 0 Å². The van der Waals surface area contributed by atoms with Crippen molar-refractivity contribution in [2.45, 2.75) is 33.2 Å². The van der Waals surface area contributed by atoms with Gasteiger partial charge in [0.1, 0.15) is 0 Å². The van der Waals surface area contributed by atoms with E-state index < -0.39 is 0 Å². The largest absolute Gasteiger partial charge is 0.329 e. The van der Waals surface area contributed by atoms with Crippen molar-refractivity contribution in [1.29, 1.82) is 0 Å². The Balaban J connectivity index is 2.31. The molecule has 0 spiro atoms. The number of likely N-dealkylation sites (tertiary alicyclic amines) is 1. The minimum atomic E-state index is 0.669. The third kappa shape index (κ3) is 4.96. The Morgan fingerprint density at radius 1 is 1.40 bits per heavy atom. The summed E-state index contributed by atoms with van der Waals surface area (Å²) in [5.74, 6) is 1.54. The molecule has 3 N–H and O–H groups in total. The molecule has 0 aromatic rings. The van der Waals surface area contributed by atoms with Gasteiger partial charge in [-0.2, -0.15) is 0 Å². The third-order valence-corrected chi connectivity index (χ3v) is 3.00. The van der Waals surface area contributed by atoms with Gasteiger partial charge < -0.3 is 16.0 Å². The van der Waals surface area contributed by atoms with E-state index in [2.05, 4.69) is 31.0 Å². The van der Waals surface area contributed by atoms with E-state index in [0.29, 0.717) is 6.04 Å². The molecule has 15 heavy (non-hydrogen) atoms. The predicted octanol–water partition coefficient (Wildman–Crippen LogP) is 0.901. The molecular weight excluding hydrogens is 186 g/mol. The second-order valence-electron chi connectivity index (χ2n) is 5.39. The quantitative estimate of drug-likeness (QED) is 0.713. The topological polar surface area (TPSA) is 41.3 Å². The number of nitrogens with zero attached hydrogens (tertiary/aromatic N) is 1. The Morgan fingerprint density at radius 2 is 2.13 bits per heavy atom. The lowest BCUT2D eigenvalue weighted by Crippen LogP contribution is -2.50. The first kappa shape index (κ1) is 12.9. The highest BCUT2D eigenvalue weighted by Crippen LogP contribution is 2.15. The molecule has 0 radical (unpaired) electrons. The average molecular weight is 213 g/mol. The van der Waals surface area contributed by atoms with Gasteiger partial charge in [0.05, 0.1) is 0 Å². The van der Waals surface area contributed by atoms with E-state index in [1.54, 1.807) is 0 Å². The number of rotatable bonds is 5. The van der Waals surface area contributed by atoms with Gasteiger partial charge in [-0.3, -0.25) is 0 Å². The van der Waals surface area contributed by atoms with Crippen molar-refractivity contribution >= 4 is 0 Å². The summed E-state index contributed by atoms with van der Waals surface area (Å²) in [4.78, 5) is 2.49. The number of nitrogens with two attached hydrogens (primary N) is 1. The molecule has 3 heteroatoms. The van der Waals surface area contributed by atoms with Gasteiger partial charge in [0.2, 0.25) is 0 Å². The number of nitrogens with one attached hydrogen (secondary N) is 1. The van der Waals surface area contributed by atoms with Gasteiger partial charge in [0.15, 0.2) is 0 Å². The van der Waals surface area contributed by atoms with Gasteiger partial charge >= 0.3 is 0 Å². The number of hydrogen-bond donors (Lipinski definition) is 2. The predicted molar refractivity (Wildman–Crippen MR) is 65.9 cm³/mol. The second-order valence-corrected chi connectivity index (χ2v) is 5.39. The lowest BCUT2D eigenvalue weighted by molar-refractivity contribution is 0.151. The first-order chi connectivity index (χ1) is 7.11. The minimum Gasteiger partial charge on any atom is -0.329 e. The molecule has 1 rings (SSSR count). The summed E-state index contributed by atoms with van der Waals surface area (Å²) < 4.78 is 0. The molecule has 1 fully saturated rings. The van der Waals surface area contributed by atoms with Crippen LogP contribution in [0.5, 0.6) is 0 Å². The number of hydrogen-bond acceptors (Lipinski definition) is 3. The van der Waals surface area contributed by atoms with Crippen molar-refractivity contribution < 1.29 is 0 Å². The van der Waals surface area contributed by atoms with Crippen molar-refractivity contribution in [2.24, 2.45) is 17.6 Å². The zero-order valence-corrected chi connectivity index (χ0v) is 10.5. The van der Waals surface area contributed by atoms with E-state index in [1.807, 2.05) is 0 Å². The first-order valence-corrected chi connectivity index (χ1v) is 6.27. The zero-order chi connectivity index (χ0) is 11.3. The van der Waals surface area contributed by atoms with E-state index in [1.165, 1.54) is 19.5 Å². The summed E-state index contributed by atoms with van der Waals surface area (Å²) in [6.45, 7) is 12.2. The molecule has 2 atom stereocenters. The summed E-state index contributed by atoms with van der Waals surface area (Å²) in [5.41, 5.74) is 5.61. The molecule has 0 aromatic heterocycles. The SMILES string of the molecule is CC(C)CNC1CC(C)CN(CCN)C1. The second kappa shape index (κ2) is 6.46. The molecule has 2 unspecified atom stereocenters. The molecule has 0 saturated carbocycles. The van der Waals surface area contributed by atoms with Crippen molar-refractivity contribution in [3.8, 4) is 0 Å². The van der Waals surface area contributed by atoms with Crippen LogP contribution in [-0.4, -0.2) is 43.7 Å². The van der Waals surface area contributed by atoms with E-state index in [0.717, 1.165) is 31.5 Å². The molecule has 1 aliphatic heterocycles. The molecular formula is C12H27N3. The van der Waals surface area contributed by atoms with Crippen LogP contribution in [0.4, 0.5) is 0 Å². The maximum absolute atomic E-state index is 5.61. The maximum atomic E-state index is 5.61. The smallest absolute Gasteiger partial charge is 0.0198 e. The summed E-state index contributed by atoms with van der Waals surface area (Å²) in [6.07, 6.45) is 1.31. The van der Waals surface area contributed by atoms with Gasteiger partial charge in [-0.25, -0.2) is 0 Å². The van der Waals surface area contributed by atoms with Crippen LogP contribution in [0.25, 0.3) is 0 Å². The van der Waals surface area contributed by atoms with Crippen molar-refractivity contribution in [1.82, 2.24) is 10.2 Å². The van der Waals surface area contributed by atoms with E-state index >= 15 is 0 Å². The van der Waals surface area contributed by atoms with Crippen LogP contribution in [-0.2, 0) is 0 Å². The van der Waals surface area contributed by atoms with Gasteiger partial charge in [-0.1, -0.05) is 20.8 Å². The monoisotopic (exact) mass is 213 g/mol. The summed E-state index contributed by atoms with van der Waals surface area (Å²) in [7, 11) is 0. The van der Waals surface area contributed by atoms with Crippen molar-refractivity contribution in [3.05, 3.63) is 0 Å². The van der Waals surface area contributed by atoms with E-state index in [4.69, 9.17) is 5.73 Å². The van der Waals surface area contributed by atoms with Gasteiger partial charge in [0, 0.05) is 32.2 Å². The average Bonchev–Trinajstić information content (AvgIpc) is 2.14. The van der Waals surface area contributed by atoms with Gasteiger partial charge in [-0.15, -0.1) is 0 Å². The fraction of sp³-hybridized carbons (Fsp3) is 1.00. The zero-order valence-electron chi connectivity index (χ0n) is 10.5. The van der Waals surface area contributed by atoms with E-state index in [9.17, 15) is 0 Å². The van der Waals surface area contributed by atoms with Crippen molar-refractivity contribution in [3.63, 3.8) is 0 Å². The molecule has 1 aliphatic rings. The van der Waals surface area contributed by atoms with Crippen LogP contribution in [0, 0.1) is 11.8 Å². The van der Waals surface area contributed by atoms with Gasteiger partial charge in [0.25, 0.3) is 0 Å². The van der Waals surface area contributed by atoms with Crippen LogP contribution in [0.2, 0.25) is 0 Å². The molecule has 1 saturated heterocycles. The fourth-order valence-corrected chi connectivity index (χ4v) is 2.38. The van der Waals surface area contributed by atoms with Crippen LogP contribution in [0.1, 0.15) is 27.2 Å². The Morgan fingerprint density at radius 3 is 2.73 bits per heavy atom. The summed E-state index contributed by atoms with van der Waals surface area (Å²) in [5, 5.41) is 3.66. The third-order valence-electron chi connectivity index (χ3n) is 3.00. The minimum absolute atomic E-state index is 0.669. The van der Waals surface area contributed by atoms with Crippen LogP contribution in [0.3, 0.4) is 0 Å². The Kier molecular flexibility index (Phi) is 5.58. The normalized spacial score (nSPS) is 28.6. The maximum Gasteiger partial charge on any atom is 0.0198 e. The Labute approximate surface area is 94.4 Å². The summed E-state index contributed by atoms with van der Waals surface area (Å²) >= 11 is 0. The summed E-state index contributed by atoms with van der Waals surface area (Å²) in [6, 6.07) is 0.669. The van der Waals surface area contributed by atoms with Gasteiger partial charge in [-0.05, 0) is 24.8 Å². The highest BCUT2D eigenvalue weighted by atomic mass is 15.2. The van der Waals surface area contributed by atoms with E-state index in [-0.39, 0.29) is 0 Å². The highest BCUT2D eigenvalue weighted by Gasteiger charge is 2.23. The molecule has 0 aliphatic carbocycles.